The van der Waals surface area contributed by atoms with E-state index in [0.717, 1.165) is 17.0 Å². The number of carbonyl (C=O) groups excluding carboxylic acids is 1. The van der Waals surface area contributed by atoms with E-state index in [1.807, 2.05) is 30.3 Å². The van der Waals surface area contributed by atoms with Crippen LogP contribution in [0.25, 0.3) is 11.3 Å². The number of halogens is 2. The van der Waals surface area contributed by atoms with Gasteiger partial charge in [-0.2, -0.15) is 0 Å². The number of aromatic nitrogens is 2. The van der Waals surface area contributed by atoms with E-state index in [1.165, 1.54) is 24.3 Å². The molecule has 0 aliphatic rings. The van der Waals surface area contributed by atoms with Gasteiger partial charge in [0.15, 0.2) is 12.2 Å². The van der Waals surface area contributed by atoms with Crippen molar-refractivity contribution >= 4 is 22.8 Å². The number of benzene rings is 2. The molecule has 3 rings (SSSR count). The van der Waals surface area contributed by atoms with E-state index >= 15 is 0 Å². The number of ether oxygens (including phenoxy) is 1. The van der Waals surface area contributed by atoms with E-state index in [4.69, 9.17) is 4.74 Å². The van der Waals surface area contributed by atoms with Crippen LogP contribution in [0.2, 0.25) is 0 Å². The van der Waals surface area contributed by atoms with Gasteiger partial charge in [-0.1, -0.05) is 12.1 Å². The second kappa shape index (κ2) is 8.48. The molecule has 3 aromatic rings. The molecule has 1 heterocycles. The average Bonchev–Trinajstić information content (AvgIpc) is 2.63. The fourth-order valence-corrected chi connectivity index (χ4v) is 2.32. The van der Waals surface area contributed by atoms with Crippen LogP contribution in [0.15, 0.2) is 67.1 Å². The maximum absolute atomic E-state index is 12.9. The zero-order valence-electron chi connectivity index (χ0n) is 13.6. The topological polar surface area (TPSA) is 43.1 Å². The normalized spacial score (nSPS) is 10.0. The zero-order chi connectivity index (χ0) is 16.9. The Kier molecular flexibility index (Phi) is 6.36. The largest absolute Gasteiger partial charge is 0.497 e. The molecule has 6 heteroatoms. The molecular formula is C19H17BrFN2O2+. The Bertz CT molecular complexity index is 852. The van der Waals surface area contributed by atoms with Gasteiger partial charge in [0, 0.05) is 17.2 Å². The third kappa shape index (κ3) is 4.70. The van der Waals surface area contributed by atoms with E-state index in [9.17, 15) is 9.18 Å². The van der Waals surface area contributed by atoms with Crippen molar-refractivity contribution in [1.82, 2.24) is 4.98 Å². The Balaban J connectivity index is 0.00000225. The molecule has 1 aromatic heterocycles. The number of hydrogen-bond donors (Lipinski definition) is 0. The van der Waals surface area contributed by atoms with Crippen molar-refractivity contribution in [3.8, 4) is 17.0 Å². The van der Waals surface area contributed by atoms with Crippen molar-refractivity contribution in [2.75, 3.05) is 7.11 Å². The van der Waals surface area contributed by atoms with E-state index in [2.05, 4.69) is 4.98 Å². The molecule has 0 bridgehead atoms. The van der Waals surface area contributed by atoms with Crippen LogP contribution >= 0.6 is 17.0 Å². The highest BCUT2D eigenvalue weighted by molar-refractivity contribution is 8.93. The summed E-state index contributed by atoms with van der Waals surface area (Å²) in [7, 11) is 1.62. The molecule has 0 saturated heterocycles. The molecule has 25 heavy (non-hydrogen) atoms. The summed E-state index contributed by atoms with van der Waals surface area (Å²) >= 11 is 0. The van der Waals surface area contributed by atoms with Crippen molar-refractivity contribution in [2.24, 2.45) is 0 Å². The second-order valence-electron chi connectivity index (χ2n) is 5.28. The summed E-state index contributed by atoms with van der Waals surface area (Å²) in [5.41, 5.74) is 2.20. The number of carbonyl (C=O) groups is 1. The second-order valence-corrected chi connectivity index (χ2v) is 5.28. The molecule has 4 nitrogen and oxygen atoms in total. The van der Waals surface area contributed by atoms with Crippen molar-refractivity contribution in [1.29, 1.82) is 0 Å². The lowest BCUT2D eigenvalue weighted by Crippen LogP contribution is -2.37. The molecule has 0 fully saturated rings. The monoisotopic (exact) mass is 403 g/mol. The molecule has 0 aliphatic carbocycles. The van der Waals surface area contributed by atoms with Crippen LogP contribution in [-0.2, 0) is 6.54 Å². The summed E-state index contributed by atoms with van der Waals surface area (Å²) in [5.74, 6) is 0.303. The highest BCUT2D eigenvalue weighted by Crippen LogP contribution is 2.20. The number of methoxy groups -OCH3 is 1. The van der Waals surface area contributed by atoms with E-state index < -0.39 is 0 Å². The predicted molar refractivity (Wildman–Crippen MR) is 97.5 cm³/mol. The maximum Gasteiger partial charge on any atom is 0.287 e. The Hall–Kier alpha value is -2.60. The summed E-state index contributed by atoms with van der Waals surface area (Å²) < 4.78 is 19.8. The highest BCUT2D eigenvalue weighted by Gasteiger charge is 2.12. The number of Topliss-reactive ketones (excluding diaryl/α,β-unsaturated/α-hetero) is 1. The first-order valence-corrected chi connectivity index (χ1v) is 7.44. The van der Waals surface area contributed by atoms with Crippen LogP contribution in [0.1, 0.15) is 10.4 Å². The lowest BCUT2D eigenvalue weighted by Gasteiger charge is -2.02. The lowest BCUT2D eigenvalue weighted by molar-refractivity contribution is -0.686. The fraction of sp³-hybridized carbons (Fsp3) is 0.105. The Morgan fingerprint density at radius 3 is 2.56 bits per heavy atom. The summed E-state index contributed by atoms with van der Waals surface area (Å²) in [6.07, 6.45) is 3.40. The molecule has 0 atom stereocenters. The SMILES string of the molecule is Br.COc1cccc(-c2cc[n+](CC(=O)c3ccc(F)cc3)cn2)c1. The summed E-state index contributed by atoms with van der Waals surface area (Å²) in [6, 6.07) is 15.0. The number of nitrogens with zero attached hydrogens (tertiary/aromatic N) is 2. The summed E-state index contributed by atoms with van der Waals surface area (Å²) in [5, 5.41) is 0. The Morgan fingerprint density at radius 1 is 1.16 bits per heavy atom. The molecule has 0 radical (unpaired) electrons. The van der Waals surface area contributed by atoms with Gasteiger partial charge in [0.25, 0.3) is 6.33 Å². The van der Waals surface area contributed by atoms with Gasteiger partial charge in [0.05, 0.1) is 13.3 Å². The lowest BCUT2D eigenvalue weighted by atomic mass is 10.1. The third-order valence-corrected chi connectivity index (χ3v) is 3.63. The van der Waals surface area contributed by atoms with E-state index in [0.29, 0.717) is 5.56 Å². The summed E-state index contributed by atoms with van der Waals surface area (Å²) in [4.78, 5) is 16.6. The van der Waals surface area contributed by atoms with Gasteiger partial charge in [0.1, 0.15) is 11.6 Å². The van der Waals surface area contributed by atoms with Gasteiger partial charge >= 0.3 is 0 Å². The molecule has 0 unspecified atom stereocenters. The maximum atomic E-state index is 12.9. The Morgan fingerprint density at radius 2 is 1.92 bits per heavy atom. The van der Waals surface area contributed by atoms with Gasteiger partial charge < -0.3 is 4.74 Å². The van der Waals surface area contributed by atoms with Crippen LogP contribution in [0.3, 0.4) is 0 Å². The Labute approximate surface area is 155 Å². The van der Waals surface area contributed by atoms with Crippen LogP contribution in [0.4, 0.5) is 4.39 Å². The van der Waals surface area contributed by atoms with Crippen LogP contribution in [0, 0.1) is 5.82 Å². The van der Waals surface area contributed by atoms with E-state index in [1.54, 1.807) is 24.2 Å². The molecule has 0 aliphatic heterocycles. The molecule has 0 spiro atoms. The van der Waals surface area contributed by atoms with Crippen LogP contribution in [-0.4, -0.2) is 17.9 Å². The minimum absolute atomic E-state index is 0. The summed E-state index contributed by atoms with van der Waals surface area (Å²) in [6.45, 7) is 0.150. The molecule has 0 saturated carbocycles. The van der Waals surface area contributed by atoms with Gasteiger partial charge in [0.2, 0.25) is 5.78 Å². The van der Waals surface area contributed by atoms with Crippen LogP contribution < -0.4 is 9.30 Å². The molecule has 0 amide bonds. The van der Waals surface area contributed by atoms with Gasteiger partial charge in [-0.25, -0.2) is 8.96 Å². The minimum atomic E-state index is -0.358. The predicted octanol–water partition coefficient (Wildman–Crippen LogP) is 3.64. The number of ketones is 1. The molecule has 0 N–H and O–H groups in total. The fourth-order valence-electron chi connectivity index (χ4n) is 2.32. The highest BCUT2D eigenvalue weighted by atomic mass is 79.9. The molecule has 128 valence electrons. The standard InChI is InChI=1S/C19H16FN2O2.BrH/c1-24-17-4-2-3-15(11-17)18-9-10-22(13-21-18)12-19(23)14-5-7-16(20)8-6-14;/h2-11,13H,12H2,1H3;1H/q+1;. The number of hydrogen-bond acceptors (Lipinski definition) is 3. The molecular weight excluding hydrogens is 387 g/mol. The third-order valence-electron chi connectivity index (χ3n) is 3.63. The quantitative estimate of drug-likeness (QED) is 0.482. The zero-order valence-corrected chi connectivity index (χ0v) is 15.3. The van der Waals surface area contributed by atoms with Gasteiger partial charge in [-0.05, 0) is 41.4 Å². The van der Waals surface area contributed by atoms with Crippen molar-refractivity contribution < 1.29 is 18.5 Å². The van der Waals surface area contributed by atoms with Crippen molar-refractivity contribution in [3.63, 3.8) is 0 Å². The van der Waals surface area contributed by atoms with Crippen molar-refractivity contribution in [2.45, 2.75) is 6.54 Å². The average molecular weight is 404 g/mol. The smallest absolute Gasteiger partial charge is 0.287 e. The van der Waals surface area contributed by atoms with Gasteiger partial charge in [-0.15, -0.1) is 17.0 Å². The first-order chi connectivity index (χ1) is 11.7. The van der Waals surface area contributed by atoms with Crippen LogP contribution in [0.5, 0.6) is 5.75 Å². The van der Waals surface area contributed by atoms with E-state index in [-0.39, 0.29) is 35.1 Å². The minimum Gasteiger partial charge on any atom is -0.497 e. The first kappa shape index (κ1) is 18.7. The molecule has 2 aromatic carbocycles. The number of rotatable bonds is 5. The van der Waals surface area contributed by atoms with Gasteiger partial charge in [-0.3, -0.25) is 4.79 Å². The first-order valence-electron chi connectivity index (χ1n) is 7.44. The van der Waals surface area contributed by atoms with Crippen molar-refractivity contribution in [3.05, 3.63) is 78.5 Å².